The monoisotopic (exact) mass is 384 g/mol. The smallest absolute Gasteiger partial charge is 0.200 e. The van der Waals surface area contributed by atoms with E-state index in [9.17, 15) is 13.6 Å². The van der Waals surface area contributed by atoms with E-state index < -0.39 is 11.6 Å². The second-order valence-corrected chi connectivity index (χ2v) is 5.20. The number of nitrogens with zero attached hydrogens (tertiary/aromatic N) is 3. The van der Waals surface area contributed by atoms with Crippen molar-refractivity contribution in [1.82, 2.24) is 19.7 Å². The second-order valence-electron chi connectivity index (χ2n) is 5.20. The second kappa shape index (κ2) is 6.78. The molecule has 0 atom stereocenters. The van der Waals surface area contributed by atoms with Gasteiger partial charge in [-0.15, -0.1) is 24.8 Å². The highest BCUT2D eigenvalue weighted by Gasteiger charge is 2.17. The number of H-pyrrole nitrogens is 1. The Hall–Kier alpha value is -2.51. The molecule has 0 amide bonds. The number of hydrogen-bond donors (Lipinski definition) is 1. The highest BCUT2D eigenvalue weighted by atomic mass is 35.5. The zero-order chi connectivity index (χ0) is 16.1. The number of rotatable bonds is 1. The van der Waals surface area contributed by atoms with E-state index in [1.165, 1.54) is 4.68 Å². The summed E-state index contributed by atoms with van der Waals surface area (Å²) < 4.78 is 28.4. The summed E-state index contributed by atoms with van der Waals surface area (Å²) in [6, 6.07) is 5.41. The number of halogens is 4. The molecular formula is C16H12Cl2F2N4O. The Kier molecular flexibility index (Phi) is 5.10. The summed E-state index contributed by atoms with van der Waals surface area (Å²) in [4.78, 5) is 19.6. The lowest BCUT2D eigenvalue weighted by atomic mass is 10.1. The summed E-state index contributed by atoms with van der Waals surface area (Å²) in [5.74, 6) is -2.07. The fourth-order valence-electron chi connectivity index (χ4n) is 2.68. The first kappa shape index (κ1) is 18.8. The standard InChI is InChI=1S/C16H10F2N4O.2ClH/c1-8-14-15(23)10-5-11(17)12(18)6-13(10)20-16(14)22(21-8)9-3-2-4-19-7-9;;/h2-7H,1H3,(H,20,23);2*1H. The Balaban J connectivity index is 0.00000113. The predicted molar refractivity (Wildman–Crippen MR) is 96.1 cm³/mol. The van der Waals surface area contributed by atoms with Crippen LogP contribution in [0.15, 0.2) is 41.5 Å². The number of pyridine rings is 2. The van der Waals surface area contributed by atoms with Crippen LogP contribution in [0.2, 0.25) is 0 Å². The summed E-state index contributed by atoms with van der Waals surface area (Å²) in [5.41, 5.74) is 1.39. The third-order valence-electron chi connectivity index (χ3n) is 3.74. The van der Waals surface area contributed by atoms with Crippen LogP contribution in [-0.2, 0) is 0 Å². The van der Waals surface area contributed by atoms with Gasteiger partial charge in [-0.25, -0.2) is 13.5 Å². The molecule has 0 aliphatic heterocycles. The number of aromatic nitrogens is 4. The van der Waals surface area contributed by atoms with Gasteiger partial charge in [0.25, 0.3) is 0 Å². The zero-order valence-corrected chi connectivity index (χ0v) is 14.4. The van der Waals surface area contributed by atoms with Gasteiger partial charge in [0.2, 0.25) is 5.43 Å². The summed E-state index contributed by atoms with van der Waals surface area (Å²) in [6.07, 6.45) is 3.22. The predicted octanol–water partition coefficient (Wildman–Crippen LogP) is 3.69. The lowest BCUT2D eigenvalue weighted by molar-refractivity contribution is 0.510. The minimum atomic E-state index is -1.06. The van der Waals surface area contributed by atoms with Crippen molar-refractivity contribution in [2.45, 2.75) is 6.92 Å². The summed E-state index contributed by atoms with van der Waals surface area (Å²) in [6.45, 7) is 1.69. The molecule has 0 saturated heterocycles. The lowest BCUT2D eigenvalue weighted by Crippen LogP contribution is -2.07. The summed E-state index contributed by atoms with van der Waals surface area (Å²) >= 11 is 0. The van der Waals surface area contributed by atoms with Crippen molar-refractivity contribution >= 4 is 46.8 Å². The van der Waals surface area contributed by atoms with Crippen LogP contribution in [0.3, 0.4) is 0 Å². The molecule has 0 saturated carbocycles. The average molecular weight is 385 g/mol. The molecule has 0 aliphatic rings. The van der Waals surface area contributed by atoms with Gasteiger partial charge >= 0.3 is 0 Å². The molecule has 4 aromatic rings. The first-order chi connectivity index (χ1) is 11.1. The van der Waals surface area contributed by atoms with E-state index >= 15 is 0 Å². The Labute approximate surface area is 152 Å². The third kappa shape index (κ3) is 2.85. The minimum absolute atomic E-state index is 0. The van der Waals surface area contributed by atoms with E-state index in [2.05, 4.69) is 15.1 Å². The number of aromatic amines is 1. The van der Waals surface area contributed by atoms with Crippen LogP contribution in [0.25, 0.3) is 27.6 Å². The van der Waals surface area contributed by atoms with Crippen LogP contribution in [0, 0.1) is 18.6 Å². The Morgan fingerprint density at radius 1 is 1.16 bits per heavy atom. The molecule has 0 fully saturated rings. The molecular weight excluding hydrogens is 373 g/mol. The van der Waals surface area contributed by atoms with Crippen molar-refractivity contribution in [2.24, 2.45) is 0 Å². The highest BCUT2D eigenvalue weighted by molar-refractivity contribution is 5.92. The van der Waals surface area contributed by atoms with Crippen LogP contribution in [0.5, 0.6) is 0 Å². The maximum Gasteiger partial charge on any atom is 0.200 e. The topological polar surface area (TPSA) is 63.6 Å². The molecule has 0 aliphatic carbocycles. The molecule has 5 nitrogen and oxygen atoms in total. The molecule has 1 N–H and O–H groups in total. The first-order valence-corrected chi connectivity index (χ1v) is 6.87. The van der Waals surface area contributed by atoms with E-state index in [-0.39, 0.29) is 41.1 Å². The van der Waals surface area contributed by atoms with Crippen LogP contribution in [0.1, 0.15) is 5.69 Å². The molecule has 130 valence electrons. The fourth-order valence-corrected chi connectivity index (χ4v) is 2.68. The van der Waals surface area contributed by atoms with Gasteiger partial charge < -0.3 is 4.98 Å². The van der Waals surface area contributed by atoms with Crippen LogP contribution >= 0.6 is 24.8 Å². The van der Waals surface area contributed by atoms with Gasteiger partial charge in [0.05, 0.1) is 28.5 Å². The van der Waals surface area contributed by atoms with Gasteiger partial charge in [0.15, 0.2) is 11.6 Å². The first-order valence-electron chi connectivity index (χ1n) is 6.87. The highest BCUT2D eigenvalue weighted by Crippen LogP contribution is 2.22. The Bertz CT molecular complexity index is 1130. The molecule has 3 heterocycles. The van der Waals surface area contributed by atoms with Crippen molar-refractivity contribution < 1.29 is 8.78 Å². The molecule has 1 aromatic carbocycles. The maximum absolute atomic E-state index is 13.5. The van der Waals surface area contributed by atoms with Crippen molar-refractivity contribution in [3.63, 3.8) is 0 Å². The Morgan fingerprint density at radius 3 is 2.56 bits per heavy atom. The number of fused-ring (bicyclic) bond motifs is 2. The van der Waals surface area contributed by atoms with Gasteiger partial charge in [0, 0.05) is 17.6 Å². The Morgan fingerprint density at radius 2 is 1.88 bits per heavy atom. The molecule has 0 radical (unpaired) electrons. The molecule has 4 rings (SSSR count). The molecule has 25 heavy (non-hydrogen) atoms. The van der Waals surface area contributed by atoms with E-state index in [1.807, 2.05) is 0 Å². The van der Waals surface area contributed by atoms with Gasteiger partial charge in [-0.3, -0.25) is 9.78 Å². The molecule has 0 bridgehead atoms. The normalized spacial score (nSPS) is 10.5. The van der Waals surface area contributed by atoms with E-state index in [1.54, 1.807) is 31.5 Å². The quantitative estimate of drug-likeness (QED) is 0.544. The molecule has 9 heteroatoms. The molecule has 0 unspecified atom stereocenters. The summed E-state index contributed by atoms with van der Waals surface area (Å²) in [7, 11) is 0. The minimum Gasteiger partial charge on any atom is -0.339 e. The van der Waals surface area contributed by atoms with Gasteiger partial charge in [0.1, 0.15) is 5.65 Å². The van der Waals surface area contributed by atoms with E-state index in [4.69, 9.17) is 0 Å². The zero-order valence-electron chi connectivity index (χ0n) is 12.8. The number of nitrogens with one attached hydrogen (secondary N) is 1. The van der Waals surface area contributed by atoms with Crippen molar-refractivity contribution in [1.29, 1.82) is 0 Å². The molecule has 3 aromatic heterocycles. The van der Waals surface area contributed by atoms with E-state index in [0.717, 1.165) is 12.1 Å². The largest absolute Gasteiger partial charge is 0.339 e. The van der Waals surface area contributed by atoms with Gasteiger partial charge in [-0.05, 0) is 25.1 Å². The van der Waals surface area contributed by atoms with Gasteiger partial charge in [-0.1, -0.05) is 0 Å². The molecule has 0 spiro atoms. The SMILES string of the molecule is Cc1nn(-c2cccnc2)c2[nH]c3cc(F)c(F)cc3c(=O)c12.Cl.Cl. The van der Waals surface area contributed by atoms with Crippen LogP contribution < -0.4 is 5.43 Å². The lowest BCUT2D eigenvalue weighted by Gasteiger charge is -2.04. The summed E-state index contributed by atoms with van der Waals surface area (Å²) in [5, 5.41) is 4.77. The maximum atomic E-state index is 13.5. The van der Waals surface area contributed by atoms with Crippen molar-refractivity contribution in [2.75, 3.05) is 0 Å². The van der Waals surface area contributed by atoms with Crippen molar-refractivity contribution in [3.8, 4) is 5.69 Å². The van der Waals surface area contributed by atoms with E-state index in [0.29, 0.717) is 22.4 Å². The van der Waals surface area contributed by atoms with Crippen molar-refractivity contribution in [3.05, 3.63) is 64.2 Å². The van der Waals surface area contributed by atoms with Crippen LogP contribution in [0.4, 0.5) is 8.78 Å². The third-order valence-corrected chi connectivity index (χ3v) is 3.74. The van der Waals surface area contributed by atoms with Gasteiger partial charge in [-0.2, -0.15) is 5.10 Å². The number of hydrogen-bond acceptors (Lipinski definition) is 3. The fraction of sp³-hybridized carbons (Fsp3) is 0.0625. The average Bonchev–Trinajstić information content (AvgIpc) is 2.87. The number of aryl methyl sites for hydroxylation is 1. The van der Waals surface area contributed by atoms with Crippen LogP contribution in [-0.4, -0.2) is 19.7 Å². The number of benzene rings is 1.